The summed E-state index contributed by atoms with van der Waals surface area (Å²) in [6.45, 7) is 0.292. The van der Waals surface area contributed by atoms with Crippen LogP contribution in [0.2, 0.25) is 10.0 Å². The first-order chi connectivity index (χ1) is 17.9. The molecule has 0 spiro atoms. The topological polar surface area (TPSA) is 64.3 Å². The molecule has 5 aromatic rings. The smallest absolute Gasteiger partial charge is 0.323 e. The van der Waals surface area contributed by atoms with E-state index in [1.807, 2.05) is 66.7 Å². The molecule has 7 heteroatoms. The average Bonchev–Trinajstić information content (AvgIpc) is 3.28. The summed E-state index contributed by atoms with van der Waals surface area (Å²) in [5.41, 5.74) is 3.33. The van der Waals surface area contributed by atoms with Crippen molar-refractivity contribution >= 4 is 52.1 Å². The van der Waals surface area contributed by atoms with E-state index in [4.69, 9.17) is 27.9 Å². The SMILES string of the molecule is O=C(O)Cn1cc(-c2ccc(Cl)cc2Cl)nc1/C=C/c1ccc2cc(OCc3ccccc3)ccc2c1. The van der Waals surface area contributed by atoms with E-state index in [-0.39, 0.29) is 6.54 Å². The van der Waals surface area contributed by atoms with Gasteiger partial charge in [-0.25, -0.2) is 4.98 Å². The third-order valence-electron chi connectivity index (χ3n) is 5.83. The molecule has 184 valence electrons. The van der Waals surface area contributed by atoms with Crippen molar-refractivity contribution in [1.29, 1.82) is 0 Å². The predicted molar refractivity (Wildman–Crippen MR) is 149 cm³/mol. The van der Waals surface area contributed by atoms with Crippen molar-refractivity contribution in [3.63, 3.8) is 0 Å². The van der Waals surface area contributed by atoms with Crippen molar-refractivity contribution in [3.8, 4) is 17.0 Å². The standard InChI is InChI=1S/C30H22Cl2N2O3/c31-24-10-12-26(27(32)16-24)28-17-34(18-30(35)36)29(33-28)13-7-20-6-8-23-15-25(11-9-22(23)14-20)37-19-21-4-2-1-3-5-21/h1-17H,18-19H2,(H,35,36)/b13-7+. The third-order valence-corrected chi connectivity index (χ3v) is 6.38. The number of rotatable bonds is 8. The van der Waals surface area contributed by atoms with Gasteiger partial charge < -0.3 is 14.4 Å². The maximum Gasteiger partial charge on any atom is 0.323 e. The van der Waals surface area contributed by atoms with Gasteiger partial charge in [0.15, 0.2) is 0 Å². The second-order valence-electron chi connectivity index (χ2n) is 8.51. The Hall–Kier alpha value is -4.06. The molecule has 0 aliphatic carbocycles. The van der Waals surface area contributed by atoms with Gasteiger partial charge in [-0.3, -0.25) is 4.79 Å². The quantitative estimate of drug-likeness (QED) is 0.222. The number of halogens is 2. The van der Waals surface area contributed by atoms with Crippen LogP contribution in [-0.4, -0.2) is 20.6 Å². The molecule has 4 aromatic carbocycles. The summed E-state index contributed by atoms with van der Waals surface area (Å²) in [7, 11) is 0. The minimum Gasteiger partial charge on any atom is -0.489 e. The van der Waals surface area contributed by atoms with Gasteiger partial charge >= 0.3 is 5.97 Å². The lowest BCUT2D eigenvalue weighted by molar-refractivity contribution is -0.137. The summed E-state index contributed by atoms with van der Waals surface area (Å²) >= 11 is 12.4. The van der Waals surface area contributed by atoms with Gasteiger partial charge in [-0.1, -0.05) is 77.8 Å². The number of fused-ring (bicyclic) bond motifs is 1. The van der Waals surface area contributed by atoms with Gasteiger partial charge in [-0.05, 0) is 64.4 Å². The van der Waals surface area contributed by atoms with E-state index in [2.05, 4.69) is 11.1 Å². The van der Waals surface area contributed by atoms with Gasteiger partial charge in [0.05, 0.1) is 10.7 Å². The minimum absolute atomic E-state index is 0.221. The van der Waals surface area contributed by atoms with Crippen LogP contribution in [0.25, 0.3) is 34.2 Å². The van der Waals surface area contributed by atoms with E-state index in [0.29, 0.717) is 33.7 Å². The molecule has 0 atom stereocenters. The number of benzene rings is 4. The van der Waals surface area contributed by atoms with Crippen LogP contribution in [0.4, 0.5) is 0 Å². The number of nitrogens with zero attached hydrogens (tertiary/aromatic N) is 2. The van der Waals surface area contributed by atoms with E-state index in [9.17, 15) is 9.90 Å². The fraction of sp³-hybridized carbons (Fsp3) is 0.0667. The molecule has 0 aliphatic rings. The van der Waals surface area contributed by atoms with E-state index >= 15 is 0 Å². The van der Waals surface area contributed by atoms with E-state index < -0.39 is 5.97 Å². The Bertz CT molecular complexity index is 1610. The molecule has 0 unspecified atom stereocenters. The fourth-order valence-corrected chi connectivity index (χ4v) is 4.52. The normalized spacial score (nSPS) is 11.3. The van der Waals surface area contributed by atoms with Crippen LogP contribution >= 0.6 is 23.2 Å². The fourth-order valence-electron chi connectivity index (χ4n) is 4.01. The highest BCUT2D eigenvalue weighted by Crippen LogP contribution is 2.30. The molecular weight excluding hydrogens is 507 g/mol. The number of hydrogen-bond donors (Lipinski definition) is 1. The zero-order valence-electron chi connectivity index (χ0n) is 19.6. The van der Waals surface area contributed by atoms with Gasteiger partial charge in [0.2, 0.25) is 0 Å². The lowest BCUT2D eigenvalue weighted by atomic mass is 10.1. The summed E-state index contributed by atoms with van der Waals surface area (Å²) in [6.07, 6.45) is 5.39. The van der Waals surface area contributed by atoms with E-state index in [0.717, 1.165) is 27.6 Å². The Morgan fingerprint density at radius 1 is 0.919 bits per heavy atom. The zero-order valence-corrected chi connectivity index (χ0v) is 21.2. The van der Waals surface area contributed by atoms with Gasteiger partial charge in [0, 0.05) is 16.8 Å². The summed E-state index contributed by atoms with van der Waals surface area (Å²) in [5, 5.41) is 12.5. The molecule has 5 rings (SSSR count). The molecule has 0 radical (unpaired) electrons. The van der Waals surface area contributed by atoms with Crippen molar-refractivity contribution in [3.05, 3.63) is 118 Å². The Morgan fingerprint density at radius 3 is 2.49 bits per heavy atom. The number of carbonyl (C=O) groups is 1. The van der Waals surface area contributed by atoms with Crippen LogP contribution in [0, 0.1) is 0 Å². The van der Waals surface area contributed by atoms with E-state index in [1.54, 1.807) is 35.0 Å². The summed E-state index contributed by atoms with van der Waals surface area (Å²) < 4.78 is 7.52. The van der Waals surface area contributed by atoms with Gasteiger partial charge in [-0.15, -0.1) is 0 Å². The molecule has 0 saturated heterocycles. The summed E-state index contributed by atoms with van der Waals surface area (Å²) in [6, 6.07) is 27.3. The zero-order chi connectivity index (χ0) is 25.8. The molecule has 0 amide bonds. The van der Waals surface area contributed by atoms with Crippen molar-refractivity contribution in [2.45, 2.75) is 13.2 Å². The molecular formula is C30H22Cl2N2O3. The van der Waals surface area contributed by atoms with E-state index in [1.165, 1.54) is 0 Å². The first kappa shape index (κ1) is 24.6. The molecule has 1 aromatic heterocycles. The second-order valence-corrected chi connectivity index (χ2v) is 9.35. The third kappa shape index (κ3) is 6.02. The number of aliphatic carboxylic acids is 1. The predicted octanol–water partition coefficient (Wildman–Crippen LogP) is 7.84. The number of imidazole rings is 1. The Morgan fingerprint density at radius 2 is 1.70 bits per heavy atom. The maximum atomic E-state index is 11.4. The lowest BCUT2D eigenvalue weighted by Gasteiger charge is -2.08. The highest BCUT2D eigenvalue weighted by Gasteiger charge is 2.13. The molecule has 1 heterocycles. The molecule has 37 heavy (non-hydrogen) atoms. The Balaban J connectivity index is 1.37. The number of carboxylic acid groups (broad SMARTS) is 1. The highest BCUT2D eigenvalue weighted by atomic mass is 35.5. The largest absolute Gasteiger partial charge is 0.489 e. The van der Waals surface area contributed by atoms with Gasteiger partial charge in [-0.2, -0.15) is 0 Å². The maximum absolute atomic E-state index is 11.4. The van der Waals surface area contributed by atoms with Crippen LogP contribution in [0.1, 0.15) is 17.0 Å². The average molecular weight is 529 g/mol. The first-order valence-electron chi connectivity index (χ1n) is 11.6. The van der Waals surface area contributed by atoms with Crippen LogP contribution in [-0.2, 0) is 17.9 Å². The molecule has 5 nitrogen and oxygen atoms in total. The number of aromatic nitrogens is 2. The van der Waals surface area contributed by atoms with Crippen molar-refractivity contribution in [2.75, 3.05) is 0 Å². The van der Waals surface area contributed by atoms with Gasteiger partial charge in [0.1, 0.15) is 24.7 Å². The molecule has 0 fully saturated rings. The van der Waals surface area contributed by atoms with Crippen LogP contribution in [0.15, 0.2) is 91.1 Å². The van der Waals surface area contributed by atoms with Crippen molar-refractivity contribution in [1.82, 2.24) is 9.55 Å². The summed E-state index contributed by atoms with van der Waals surface area (Å²) in [5.74, 6) is 0.355. The lowest BCUT2D eigenvalue weighted by Crippen LogP contribution is -2.09. The molecule has 0 saturated carbocycles. The number of hydrogen-bond acceptors (Lipinski definition) is 3. The van der Waals surface area contributed by atoms with Gasteiger partial charge in [0.25, 0.3) is 0 Å². The molecule has 1 N–H and O–H groups in total. The Labute approximate surface area is 224 Å². The minimum atomic E-state index is -0.961. The van der Waals surface area contributed by atoms with Crippen molar-refractivity contribution in [2.24, 2.45) is 0 Å². The number of carboxylic acids is 1. The molecule has 0 aliphatic heterocycles. The van der Waals surface area contributed by atoms with Crippen LogP contribution in [0.3, 0.4) is 0 Å². The van der Waals surface area contributed by atoms with Crippen molar-refractivity contribution < 1.29 is 14.6 Å². The summed E-state index contributed by atoms with van der Waals surface area (Å²) in [4.78, 5) is 16.1. The monoisotopic (exact) mass is 528 g/mol. The number of ether oxygens (including phenoxy) is 1. The highest BCUT2D eigenvalue weighted by molar-refractivity contribution is 6.36. The van der Waals surface area contributed by atoms with Crippen LogP contribution in [0.5, 0.6) is 5.75 Å². The Kier molecular flexibility index (Phi) is 7.26. The van der Waals surface area contributed by atoms with Crippen LogP contribution < -0.4 is 4.74 Å². The molecule has 0 bridgehead atoms. The second kappa shape index (κ2) is 10.9. The first-order valence-corrected chi connectivity index (χ1v) is 12.3.